The molecule has 7 heteroatoms. The van der Waals surface area contributed by atoms with Crippen molar-refractivity contribution in [2.75, 3.05) is 13.6 Å². The summed E-state index contributed by atoms with van der Waals surface area (Å²) in [5, 5.41) is 0.748. The van der Waals surface area contributed by atoms with Gasteiger partial charge < -0.3 is 9.32 Å². The van der Waals surface area contributed by atoms with Gasteiger partial charge in [0.05, 0.1) is 6.26 Å². The number of hydrogen-bond acceptors (Lipinski definition) is 6. The highest BCUT2D eigenvalue weighted by Crippen LogP contribution is 2.28. The van der Waals surface area contributed by atoms with Crippen LogP contribution in [0.5, 0.6) is 0 Å². The Morgan fingerprint density at radius 3 is 2.83 bits per heavy atom. The first kappa shape index (κ1) is 19.8. The Hall–Kier alpha value is -2.48. The molecule has 1 aliphatic rings. The van der Waals surface area contributed by atoms with Gasteiger partial charge in [-0.1, -0.05) is 30.3 Å². The maximum atomic E-state index is 12.8. The predicted octanol–water partition coefficient (Wildman–Crippen LogP) is 4.17. The Morgan fingerprint density at radius 1 is 1.24 bits per heavy atom. The Bertz CT molecular complexity index is 939. The number of carbonyl (C=O) groups excluding carboxylic acids is 1. The van der Waals surface area contributed by atoms with Crippen molar-refractivity contribution < 1.29 is 9.21 Å². The summed E-state index contributed by atoms with van der Waals surface area (Å²) in [5.74, 6) is 0.670. The molecule has 4 rings (SSSR count). The van der Waals surface area contributed by atoms with Crippen molar-refractivity contribution in [3.8, 4) is 10.8 Å². The SMILES string of the molecule is Cc1sc(-c2ccco2)nc1C(=O)N(C)CCCC1CC(c2ccccc2)NN1. The lowest BCUT2D eigenvalue weighted by molar-refractivity contribution is 0.0786. The fourth-order valence-corrected chi connectivity index (χ4v) is 4.55. The summed E-state index contributed by atoms with van der Waals surface area (Å²) in [6.45, 7) is 2.64. The topological polar surface area (TPSA) is 70.4 Å². The van der Waals surface area contributed by atoms with E-state index in [1.165, 1.54) is 16.9 Å². The van der Waals surface area contributed by atoms with Gasteiger partial charge in [-0.25, -0.2) is 4.98 Å². The summed E-state index contributed by atoms with van der Waals surface area (Å²) < 4.78 is 5.40. The highest BCUT2D eigenvalue weighted by Gasteiger charge is 2.25. The molecular weight excluding hydrogens is 384 g/mol. The van der Waals surface area contributed by atoms with Crippen molar-refractivity contribution >= 4 is 17.2 Å². The summed E-state index contributed by atoms with van der Waals surface area (Å²) in [7, 11) is 1.85. The van der Waals surface area contributed by atoms with Crippen molar-refractivity contribution in [3.63, 3.8) is 0 Å². The van der Waals surface area contributed by atoms with Gasteiger partial charge in [0.2, 0.25) is 0 Å². The van der Waals surface area contributed by atoms with E-state index in [1.54, 1.807) is 11.2 Å². The number of nitrogens with zero attached hydrogens (tertiary/aromatic N) is 2. The van der Waals surface area contributed by atoms with Crippen LogP contribution in [0, 0.1) is 6.92 Å². The van der Waals surface area contributed by atoms with Crippen molar-refractivity contribution in [2.24, 2.45) is 0 Å². The van der Waals surface area contributed by atoms with Crippen molar-refractivity contribution in [1.29, 1.82) is 0 Å². The van der Waals surface area contributed by atoms with Gasteiger partial charge in [0.1, 0.15) is 5.69 Å². The quantitative estimate of drug-likeness (QED) is 0.612. The zero-order valence-electron chi connectivity index (χ0n) is 16.7. The molecule has 152 valence electrons. The number of aryl methyl sites for hydroxylation is 1. The second-order valence-electron chi connectivity index (χ2n) is 7.45. The molecule has 0 bridgehead atoms. The number of thiazole rings is 1. The number of hydrazine groups is 1. The van der Waals surface area contributed by atoms with E-state index in [-0.39, 0.29) is 5.91 Å². The zero-order chi connectivity index (χ0) is 20.2. The maximum Gasteiger partial charge on any atom is 0.273 e. The number of aromatic nitrogens is 1. The first-order chi connectivity index (χ1) is 14.1. The lowest BCUT2D eigenvalue weighted by Gasteiger charge is -2.17. The van der Waals surface area contributed by atoms with Gasteiger partial charge in [0.15, 0.2) is 10.8 Å². The normalized spacial score (nSPS) is 18.8. The minimum atomic E-state index is -0.0313. The van der Waals surface area contributed by atoms with Crippen LogP contribution in [0.3, 0.4) is 0 Å². The minimum absolute atomic E-state index is 0.0313. The summed E-state index contributed by atoms with van der Waals surface area (Å²) >= 11 is 1.49. The lowest BCUT2D eigenvalue weighted by atomic mass is 10.00. The molecule has 2 N–H and O–H groups in total. The van der Waals surface area contributed by atoms with Crippen molar-refractivity contribution in [1.82, 2.24) is 20.7 Å². The van der Waals surface area contributed by atoms with Crippen LogP contribution >= 0.6 is 11.3 Å². The van der Waals surface area contributed by atoms with Crippen LogP contribution in [0.2, 0.25) is 0 Å². The lowest BCUT2D eigenvalue weighted by Crippen LogP contribution is -2.32. The average Bonchev–Trinajstić information content (AvgIpc) is 3.49. The molecule has 2 atom stereocenters. The monoisotopic (exact) mass is 410 g/mol. The molecule has 0 aliphatic carbocycles. The molecule has 3 aromatic rings. The molecule has 1 amide bonds. The Morgan fingerprint density at radius 2 is 2.07 bits per heavy atom. The molecule has 29 heavy (non-hydrogen) atoms. The molecule has 0 radical (unpaired) electrons. The standard InChI is InChI=1S/C22H26N4O2S/c1-15-20(23-21(29-15)19-11-7-13-28-19)22(27)26(2)12-6-10-17-14-18(25-24-17)16-8-4-3-5-9-16/h3-5,7-9,11,13,17-18,24-25H,6,10,12,14H2,1-2H3. The summed E-state index contributed by atoms with van der Waals surface area (Å²) in [6.07, 6.45) is 4.63. The largest absolute Gasteiger partial charge is 0.462 e. The fourth-order valence-electron chi connectivity index (χ4n) is 3.67. The molecular formula is C22H26N4O2S. The Balaban J connectivity index is 1.27. The smallest absolute Gasteiger partial charge is 0.273 e. The average molecular weight is 411 g/mol. The third-order valence-electron chi connectivity index (χ3n) is 5.31. The van der Waals surface area contributed by atoms with Crippen LogP contribution in [0.25, 0.3) is 10.8 Å². The molecule has 0 saturated carbocycles. The van der Waals surface area contributed by atoms with Gasteiger partial charge >= 0.3 is 0 Å². The van der Waals surface area contributed by atoms with Crippen LogP contribution in [0.15, 0.2) is 53.1 Å². The van der Waals surface area contributed by atoms with Gasteiger partial charge in [-0.15, -0.1) is 11.3 Å². The van der Waals surface area contributed by atoms with Gasteiger partial charge in [-0.3, -0.25) is 15.6 Å². The maximum absolute atomic E-state index is 12.8. The van der Waals surface area contributed by atoms with Crippen LogP contribution in [-0.4, -0.2) is 35.4 Å². The third kappa shape index (κ3) is 4.58. The first-order valence-corrected chi connectivity index (χ1v) is 10.8. The predicted molar refractivity (Wildman–Crippen MR) is 115 cm³/mol. The third-order valence-corrected chi connectivity index (χ3v) is 6.29. The molecule has 2 aromatic heterocycles. The number of carbonyl (C=O) groups is 1. The number of hydrogen-bond donors (Lipinski definition) is 2. The Kier molecular flexibility index (Phi) is 6.08. The number of furan rings is 1. The first-order valence-electron chi connectivity index (χ1n) is 9.94. The Labute approximate surface area is 174 Å². The molecule has 6 nitrogen and oxygen atoms in total. The molecule has 1 aliphatic heterocycles. The summed E-state index contributed by atoms with van der Waals surface area (Å²) in [6, 6.07) is 14.9. The summed E-state index contributed by atoms with van der Waals surface area (Å²) in [4.78, 5) is 20.0. The summed E-state index contributed by atoms with van der Waals surface area (Å²) in [5.41, 5.74) is 8.61. The molecule has 1 saturated heterocycles. The second kappa shape index (κ2) is 8.90. The minimum Gasteiger partial charge on any atom is -0.462 e. The molecule has 1 fully saturated rings. The second-order valence-corrected chi connectivity index (χ2v) is 8.66. The molecule has 0 spiro atoms. The fraction of sp³-hybridized carbons (Fsp3) is 0.364. The van der Waals surface area contributed by atoms with Crippen LogP contribution in [-0.2, 0) is 0 Å². The highest BCUT2D eigenvalue weighted by atomic mass is 32.1. The van der Waals surface area contributed by atoms with E-state index >= 15 is 0 Å². The number of rotatable bonds is 7. The van der Waals surface area contributed by atoms with Crippen LogP contribution in [0.4, 0.5) is 0 Å². The van der Waals surface area contributed by atoms with Gasteiger partial charge in [0, 0.05) is 30.6 Å². The van der Waals surface area contributed by atoms with Gasteiger partial charge in [0.25, 0.3) is 5.91 Å². The number of nitrogens with one attached hydrogen (secondary N) is 2. The van der Waals surface area contributed by atoms with Crippen LogP contribution in [0.1, 0.15) is 46.2 Å². The number of benzene rings is 1. The molecule has 2 unspecified atom stereocenters. The van der Waals surface area contributed by atoms with Gasteiger partial charge in [-0.2, -0.15) is 0 Å². The van der Waals surface area contributed by atoms with E-state index in [9.17, 15) is 4.79 Å². The van der Waals surface area contributed by atoms with Crippen LogP contribution < -0.4 is 10.9 Å². The van der Waals surface area contributed by atoms with Gasteiger partial charge in [-0.05, 0) is 43.9 Å². The number of amides is 1. The van der Waals surface area contributed by atoms with E-state index in [1.807, 2.05) is 32.2 Å². The van der Waals surface area contributed by atoms with E-state index in [4.69, 9.17) is 4.42 Å². The molecule has 3 heterocycles. The van der Waals surface area contributed by atoms with Crippen molar-refractivity contribution in [3.05, 3.63) is 64.9 Å². The highest BCUT2D eigenvalue weighted by molar-refractivity contribution is 7.15. The zero-order valence-corrected chi connectivity index (χ0v) is 17.5. The molecule has 1 aromatic carbocycles. The van der Waals surface area contributed by atoms with E-state index in [2.05, 4.69) is 40.1 Å². The van der Waals surface area contributed by atoms with E-state index in [0.29, 0.717) is 30.1 Å². The van der Waals surface area contributed by atoms with E-state index in [0.717, 1.165) is 29.1 Å². The van der Waals surface area contributed by atoms with E-state index < -0.39 is 0 Å². The van der Waals surface area contributed by atoms with Crippen molar-refractivity contribution in [2.45, 2.75) is 38.3 Å².